The van der Waals surface area contributed by atoms with E-state index in [0.717, 1.165) is 31.3 Å². The highest BCUT2D eigenvalue weighted by Gasteiger charge is 2.86. The SMILES string of the molecule is C=C(C)[C@H]1O[C@H]2CC[C@@]3(C)[C@@](O)(CC[C@H]4Cc5c([nH]c6ccccc56)[C@@]43C)[C@]23O[C@@H]3[C@H]1O. The van der Waals surface area contributed by atoms with Gasteiger partial charge in [0.25, 0.3) is 0 Å². The van der Waals surface area contributed by atoms with Crippen LogP contribution in [0.3, 0.4) is 0 Å². The number of nitrogens with one attached hydrogen (secondary N) is 1. The van der Waals surface area contributed by atoms with E-state index in [1.807, 2.05) is 6.92 Å². The number of aromatic amines is 1. The second-order valence-electron chi connectivity index (χ2n) is 11.6. The van der Waals surface area contributed by atoms with Crippen molar-refractivity contribution in [1.29, 1.82) is 0 Å². The zero-order valence-electron chi connectivity index (χ0n) is 19.1. The number of aliphatic hydroxyl groups excluding tert-OH is 1. The molecule has 7 rings (SSSR count). The minimum Gasteiger partial charge on any atom is -0.387 e. The van der Waals surface area contributed by atoms with Crippen molar-refractivity contribution in [2.24, 2.45) is 11.3 Å². The van der Waals surface area contributed by atoms with Crippen LogP contribution < -0.4 is 0 Å². The van der Waals surface area contributed by atoms with Crippen LogP contribution in [0.25, 0.3) is 10.9 Å². The van der Waals surface area contributed by atoms with Gasteiger partial charge in [-0.1, -0.05) is 38.6 Å². The molecule has 5 nitrogen and oxygen atoms in total. The number of epoxide rings is 1. The van der Waals surface area contributed by atoms with Gasteiger partial charge >= 0.3 is 0 Å². The van der Waals surface area contributed by atoms with E-state index in [4.69, 9.17) is 9.47 Å². The molecule has 170 valence electrons. The zero-order chi connectivity index (χ0) is 22.3. The third-order valence-corrected chi connectivity index (χ3v) is 10.6. The Hall–Kier alpha value is -1.66. The minimum atomic E-state index is -1.06. The second kappa shape index (κ2) is 5.69. The van der Waals surface area contributed by atoms with Gasteiger partial charge in [0.1, 0.15) is 23.9 Å². The number of aromatic nitrogens is 1. The monoisotopic (exact) mass is 435 g/mol. The number of hydrogen-bond donors (Lipinski definition) is 3. The lowest BCUT2D eigenvalue weighted by Gasteiger charge is -2.66. The summed E-state index contributed by atoms with van der Waals surface area (Å²) in [5.74, 6) is 0.487. The highest BCUT2D eigenvalue weighted by Crippen LogP contribution is 2.74. The molecule has 0 amide bonds. The fraction of sp³-hybridized carbons (Fsp3) is 0.630. The molecular formula is C27H33NO4. The van der Waals surface area contributed by atoms with Crippen LogP contribution in [0.1, 0.15) is 57.7 Å². The van der Waals surface area contributed by atoms with Crippen LogP contribution in [0.4, 0.5) is 0 Å². The Balaban J connectivity index is 1.38. The molecule has 0 radical (unpaired) electrons. The van der Waals surface area contributed by atoms with Gasteiger partial charge in [0.15, 0.2) is 5.60 Å². The first-order chi connectivity index (χ1) is 15.2. The van der Waals surface area contributed by atoms with Gasteiger partial charge in [0, 0.05) is 27.4 Å². The highest BCUT2D eigenvalue weighted by molar-refractivity contribution is 5.86. The van der Waals surface area contributed by atoms with Crippen LogP contribution in [0.5, 0.6) is 0 Å². The van der Waals surface area contributed by atoms with Crippen LogP contribution in [0.2, 0.25) is 0 Å². The van der Waals surface area contributed by atoms with Crippen LogP contribution in [0.15, 0.2) is 36.4 Å². The molecule has 3 aliphatic carbocycles. The lowest BCUT2D eigenvalue weighted by molar-refractivity contribution is -0.265. The molecule has 2 aromatic rings. The summed E-state index contributed by atoms with van der Waals surface area (Å²) in [4.78, 5) is 3.78. The molecule has 9 atom stereocenters. The van der Waals surface area contributed by atoms with Crippen molar-refractivity contribution < 1.29 is 19.7 Å². The van der Waals surface area contributed by atoms with E-state index < -0.39 is 29.5 Å². The average molecular weight is 436 g/mol. The van der Waals surface area contributed by atoms with Crippen molar-refractivity contribution in [2.45, 2.75) is 93.9 Å². The van der Waals surface area contributed by atoms with E-state index in [1.54, 1.807) is 0 Å². The van der Waals surface area contributed by atoms with Crippen molar-refractivity contribution in [3.05, 3.63) is 47.7 Å². The molecule has 1 aromatic carbocycles. The highest BCUT2D eigenvalue weighted by atomic mass is 16.7. The number of hydrogen-bond acceptors (Lipinski definition) is 4. The predicted octanol–water partition coefficient (Wildman–Crippen LogP) is 3.76. The van der Waals surface area contributed by atoms with Crippen LogP contribution >= 0.6 is 0 Å². The normalized spacial score (nSPS) is 50.7. The number of para-hydroxylation sites is 1. The maximum absolute atomic E-state index is 12.6. The maximum atomic E-state index is 12.6. The summed E-state index contributed by atoms with van der Waals surface area (Å²) in [6.45, 7) is 10.6. The third-order valence-electron chi connectivity index (χ3n) is 10.6. The molecule has 4 fully saturated rings. The number of aliphatic hydroxyl groups is 2. The molecule has 1 spiro atoms. The molecule has 3 heterocycles. The summed E-state index contributed by atoms with van der Waals surface area (Å²) in [5, 5.41) is 25.0. The molecule has 2 aliphatic heterocycles. The molecule has 5 heteroatoms. The van der Waals surface area contributed by atoms with E-state index in [9.17, 15) is 10.2 Å². The molecule has 5 aliphatic rings. The van der Waals surface area contributed by atoms with Crippen molar-refractivity contribution in [2.75, 3.05) is 0 Å². The molecule has 32 heavy (non-hydrogen) atoms. The van der Waals surface area contributed by atoms with Gasteiger partial charge in [-0.15, -0.1) is 0 Å². The standard InChI is InChI=1S/C27H33NO4/c1-14(2)21-20(29)23-27(32-23)19(31-21)10-11-24(3)25(4)15(9-12-26(24,27)30)13-17-16-7-5-6-8-18(16)28-22(17)25/h5-8,15,19-21,23,28-30H,1,9-13H2,2-4H3/t15-,19-,20-,21+,23+,24+,25+,26-,27-/m0/s1. The topological polar surface area (TPSA) is 78.0 Å². The van der Waals surface area contributed by atoms with Crippen molar-refractivity contribution >= 4 is 10.9 Å². The zero-order valence-corrected chi connectivity index (χ0v) is 19.1. The van der Waals surface area contributed by atoms with Gasteiger partial charge in [-0.2, -0.15) is 0 Å². The number of H-pyrrole nitrogens is 1. The first-order valence-corrected chi connectivity index (χ1v) is 12.2. The summed E-state index contributed by atoms with van der Waals surface area (Å²) in [6, 6.07) is 8.57. The maximum Gasteiger partial charge on any atom is 0.153 e. The van der Waals surface area contributed by atoms with Gasteiger partial charge in [-0.3, -0.25) is 0 Å². The Morgan fingerprint density at radius 2 is 1.97 bits per heavy atom. The van der Waals surface area contributed by atoms with Crippen LogP contribution in [-0.2, 0) is 21.3 Å². The largest absolute Gasteiger partial charge is 0.387 e. The Bertz CT molecular complexity index is 1170. The van der Waals surface area contributed by atoms with Gasteiger partial charge in [-0.05, 0) is 62.1 Å². The Kier molecular flexibility index (Phi) is 3.52. The van der Waals surface area contributed by atoms with E-state index in [-0.39, 0.29) is 16.9 Å². The number of fused-ring (bicyclic) bond motifs is 7. The van der Waals surface area contributed by atoms with E-state index in [2.05, 4.69) is 49.7 Å². The van der Waals surface area contributed by atoms with Crippen molar-refractivity contribution in [1.82, 2.24) is 4.98 Å². The smallest absolute Gasteiger partial charge is 0.153 e. The molecule has 0 bridgehead atoms. The van der Waals surface area contributed by atoms with Crippen molar-refractivity contribution in [3.63, 3.8) is 0 Å². The summed E-state index contributed by atoms with van der Waals surface area (Å²) < 4.78 is 12.8. The summed E-state index contributed by atoms with van der Waals surface area (Å²) >= 11 is 0. The van der Waals surface area contributed by atoms with E-state index in [0.29, 0.717) is 12.3 Å². The van der Waals surface area contributed by atoms with Gasteiger partial charge in [0.2, 0.25) is 0 Å². The molecule has 1 aromatic heterocycles. The average Bonchev–Trinajstić information content (AvgIpc) is 3.34. The first-order valence-electron chi connectivity index (χ1n) is 12.2. The fourth-order valence-electron chi connectivity index (χ4n) is 8.79. The van der Waals surface area contributed by atoms with Gasteiger partial charge in [0.05, 0.1) is 6.10 Å². The third kappa shape index (κ3) is 1.84. The van der Waals surface area contributed by atoms with Gasteiger partial charge in [-0.25, -0.2) is 0 Å². The molecule has 2 saturated heterocycles. The second-order valence-corrected chi connectivity index (χ2v) is 11.6. The number of benzene rings is 1. The molecular weight excluding hydrogens is 402 g/mol. The predicted molar refractivity (Wildman–Crippen MR) is 121 cm³/mol. The number of ether oxygens (including phenoxy) is 2. The quantitative estimate of drug-likeness (QED) is 0.471. The minimum absolute atomic E-state index is 0.194. The first kappa shape index (κ1) is 19.8. The lowest BCUT2D eigenvalue weighted by atomic mass is 9.40. The number of rotatable bonds is 1. The Morgan fingerprint density at radius 3 is 2.75 bits per heavy atom. The fourth-order valence-corrected chi connectivity index (χ4v) is 8.79. The Labute approximate surface area is 188 Å². The lowest BCUT2D eigenvalue weighted by Crippen LogP contribution is -2.76. The Morgan fingerprint density at radius 1 is 1.19 bits per heavy atom. The summed E-state index contributed by atoms with van der Waals surface area (Å²) in [5.41, 5.74) is 2.26. The van der Waals surface area contributed by atoms with E-state index >= 15 is 0 Å². The van der Waals surface area contributed by atoms with Crippen LogP contribution in [-0.4, -0.2) is 50.8 Å². The van der Waals surface area contributed by atoms with Crippen molar-refractivity contribution in [3.8, 4) is 0 Å². The summed E-state index contributed by atoms with van der Waals surface area (Å²) in [6.07, 6.45) is 2.57. The molecule has 2 saturated carbocycles. The molecule has 3 N–H and O–H groups in total. The van der Waals surface area contributed by atoms with Crippen LogP contribution in [0, 0.1) is 11.3 Å². The van der Waals surface area contributed by atoms with E-state index in [1.165, 1.54) is 22.2 Å². The summed E-state index contributed by atoms with van der Waals surface area (Å²) in [7, 11) is 0. The molecule has 0 unspecified atom stereocenters. The van der Waals surface area contributed by atoms with Gasteiger partial charge < -0.3 is 24.7 Å².